The molecule has 0 saturated heterocycles. The molecule has 0 amide bonds. The summed E-state index contributed by atoms with van der Waals surface area (Å²) in [6.07, 6.45) is 1.52. The van der Waals surface area contributed by atoms with E-state index >= 15 is 0 Å². The van der Waals surface area contributed by atoms with Crippen LogP contribution in [-0.2, 0) is 6.42 Å². The van der Waals surface area contributed by atoms with Crippen molar-refractivity contribution >= 4 is 11.6 Å². The lowest BCUT2D eigenvalue weighted by atomic mass is 9.94. The van der Waals surface area contributed by atoms with Gasteiger partial charge in [0.1, 0.15) is 6.10 Å². The van der Waals surface area contributed by atoms with Gasteiger partial charge in [0, 0.05) is 12.6 Å². The molecule has 2 aromatic rings. The lowest BCUT2D eigenvalue weighted by molar-refractivity contribution is 0.173. The van der Waals surface area contributed by atoms with Crippen molar-refractivity contribution in [3.05, 3.63) is 63.4 Å². The first-order valence-corrected chi connectivity index (χ1v) is 6.72. The number of pyridine rings is 1. The van der Waals surface area contributed by atoms with Crippen LogP contribution in [0.3, 0.4) is 0 Å². The van der Waals surface area contributed by atoms with Gasteiger partial charge in [-0.25, -0.2) is 0 Å². The first kappa shape index (κ1) is 14.0. The maximum Gasteiger partial charge on any atom is 0.101 e. The van der Waals surface area contributed by atoms with Crippen molar-refractivity contribution in [1.29, 1.82) is 0 Å². The minimum Gasteiger partial charge on any atom is -0.386 e. The number of halogens is 1. The van der Waals surface area contributed by atoms with Gasteiger partial charge >= 0.3 is 0 Å². The second-order valence-corrected chi connectivity index (χ2v) is 5.37. The van der Waals surface area contributed by atoms with Crippen molar-refractivity contribution in [3.63, 3.8) is 0 Å². The summed E-state index contributed by atoms with van der Waals surface area (Å²) >= 11 is 6.07. The number of hydrogen-bond acceptors (Lipinski definition) is 2. The van der Waals surface area contributed by atoms with Crippen LogP contribution >= 0.6 is 11.6 Å². The predicted octanol–water partition coefficient (Wildman–Crippen LogP) is 3.94. The molecular weight excluding hydrogens is 258 g/mol. The van der Waals surface area contributed by atoms with E-state index in [0.717, 1.165) is 0 Å². The second kappa shape index (κ2) is 5.72. The highest BCUT2D eigenvalue weighted by atomic mass is 35.5. The maximum atomic E-state index is 10.3. The predicted molar refractivity (Wildman–Crippen MR) is 78.6 cm³/mol. The van der Waals surface area contributed by atoms with Gasteiger partial charge in [-0.15, -0.1) is 0 Å². The highest BCUT2D eigenvalue weighted by Crippen LogP contribution is 2.26. The minimum atomic E-state index is -0.672. The van der Waals surface area contributed by atoms with Gasteiger partial charge in [0.25, 0.3) is 0 Å². The van der Waals surface area contributed by atoms with Crippen LogP contribution in [0.1, 0.15) is 34.1 Å². The fourth-order valence-corrected chi connectivity index (χ4v) is 2.71. The molecule has 1 heterocycles. The highest BCUT2D eigenvalue weighted by molar-refractivity contribution is 6.31. The molecular formula is C16H18ClNO. The van der Waals surface area contributed by atoms with E-state index in [1.807, 2.05) is 0 Å². The van der Waals surface area contributed by atoms with Crippen molar-refractivity contribution in [2.75, 3.05) is 0 Å². The van der Waals surface area contributed by atoms with Crippen molar-refractivity contribution < 1.29 is 5.11 Å². The zero-order chi connectivity index (χ0) is 14.0. The van der Waals surface area contributed by atoms with Gasteiger partial charge in [-0.2, -0.15) is 0 Å². The maximum absolute atomic E-state index is 10.3. The van der Waals surface area contributed by atoms with E-state index in [4.69, 9.17) is 11.6 Å². The van der Waals surface area contributed by atoms with Gasteiger partial charge in [0.2, 0.25) is 0 Å². The Bertz CT molecular complexity index is 572. The number of aliphatic hydroxyl groups is 1. The molecule has 1 aromatic carbocycles. The molecule has 0 saturated carbocycles. The molecule has 0 aliphatic heterocycles. The van der Waals surface area contributed by atoms with Crippen LogP contribution in [0.2, 0.25) is 5.02 Å². The Morgan fingerprint density at radius 2 is 1.84 bits per heavy atom. The minimum absolute atomic E-state index is 0.511. The Hall–Kier alpha value is -1.38. The Morgan fingerprint density at radius 3 is 2.42 bits per heavy atom. The number of nitrogens with zero attached hydrogens (tertiary/aromatic N) is 1. The molecule has 0 spiro atoms. The number of aromatic nitrogens is 1. The summed E-state index contributed by atoms with van der Waals surface area (Å²) in [5.41, 5.74) is 5.35. The SMILES string of the molecule is Cc1cc(C)c(CC(O)c2ncccc2Cl)c(C)c1. The smallest absolute Gasteiger partial charge is 0.101 e. The second-order valence-electron chi connectivity index (χ2n) is 4.97. The number of aryl methyl sites for hydroxylation is 3. The van der Waals surface area contributed by atoms with Crippen LogP contribution < -0.4 is 0 Å². The summed E-state index contributed by atoms with van der Waals surface area (Å²) in [4.78, 5) is 4.17. The summed E-state index contributed by atoms with van der Waals surface area (Å²) in [5, 5.41) is 10.8. The average Bonchev–Trinajstić information content (AvgIpc) is 2.34. The average molecular weight is 276 g/mol. The van der Waals surface area contributed by atoms with Crippen LogP contribution in [0.25, 0.3) is 0 Å². The molecule has 0 aliphatic rings. The Morgan fingerprint density at radius 1 is 1.21 bits per heavy atom. The van der Waals surface area contributed by atoms with E-state index in [2.05, 4.69) is 37.9 Å². The van der Waals surface area contributed by atoms with Gasteiger partial charge in [-0.3, -0.25) is 4.98 Å². The van der Waals surface area contributed by atoms with Crippen LogP contribution in [0, 0.1) is 20.8 Å². The summed E-state index contributed by atoms with van der Waals surface area (Å²) in [5.74, 6) is 0. The van der Waals surface area contributed by atoms with Crippen LogP contribution in [-0.4, -0.2) is 10.1 Å². The Labute approximate surface area is 119 Å². The van der Waals surface area contributed by atoms with Crippen LogP contribution in [0.15, 0.2) is 30.5 Å². The lowest BCUT2D eigenvalue weighted by Gasteiger charge is -2.16. The van der Waals surface area contributed by atoms with Crippen LogP contribution in [0.4, 0.5) is 0 Å². The third-order valence-corrected chi connectivity index (χ3v) is 3.66. The monoisotopic (exact) mass is 275 g/mol. The summed E-state index contributed by atoms with van der Waals surface area (Å²) in [7, 11) is 0. The van der Waals surface area contributed by atoms with Gasteiger partial charge in [-0.1, -0.05) is 29.3 Å². The molecule has 19 heavy (non-hydrogen) atoms. The molecule has 0 bridgehead atoms. The largest absolute Gasteiger partial charge is 0.386 e. The first-order valence-electron chi connectivity index (χ1n) is 6.34. The standard InChI is InChI=1S/C16H18ClNO/c1-10-7-11(2)13(12(3)8-10)9-15(19)16-14(17)5-4-6-18-16/h4-8,15,19H,9H2,1-3H3. The molecule has 0 radical (unpaired) electrons. The fourth-order valence-electron chi connectivity index (χ4n) is 2.47. The Kier molecular flexibility index (Phi) is 4.23. The third kappa shape index (κ3) is 3.14. The molecule has 2 rings (SSSR count). The van der Waals surface area contributed by atoms with E-state index in [1.54, 1.807) is 18.3 Å². The normalized spacial score (nSPS) is 12.5. The topological polar surface area (TPSA) is 33.1 Å². The molecule has 1 N–H and O–H groups in total. The van der Waals surface area contributed by atoms with Crippen LogP contribution in [0.5, 0.6) is 0 Å². The first-order chi connectivity index (χ1) is 8.99. The van der Waals surface area contributed by atoms with E-state index < -0.39 is 6.10 Å². The molecule has 1 atom stereocenters. The summed E-state index contributed by atoms with van der Waals surface area (Å²) in [6, 6.07) is 7.78. The number of rotatable bonds is 3. The van der Waals surface area contributed by atoms with Gasteiger partial charge in [-0.05, 0) is 49.6 Å². The van der Waals surface area contributed by atoms with Crippen molar-refractivity contribution in [2.24, 2.45) is 0 Å². The number of hydrogen-bond donors (Lipinski definition) is 1. The highest BCUT2D eigenvalue weighted by Gasteiger charge is 2.16. The van der Waals surface area contributed by atoms with E-state index in [1.165, 1.54) is 22.3 Å². The third-order valence-electron chi connectivity index (χ3n) is 3.34. The van der Waals surface area contributed by atoms with E-state index in [0.29, 0.717) is 17.1 Å². The fraction of sp³-hybridized carbons (Fsp3) is 0.312. The van der Waals surface area contributed by atoms with Crippen molar-refractivity contribution in [2.45, 2.75) is 33.3 Å². The number of aliphatic hydroxyl groups excluding tert-OH is 1. The Balaban J connectivity index is 2.29. The zero-order valence-electron chi connectivity index (χ0n) is 11.4. The molecule has 0 aliphatic carbocycles. The van der Waals surface area contributed by atoms with E-state index in [-0.39, 0.29) is 0 Å². The zero-order valence-corrected chi connectivity index (χ0v) is 12.2. The molecule has 1 unspecified atom stereocenters. The van der Waals surface area contributed by atoms with Gasteiger partial charge in [0.05, 0.1) is 10.7 Å². The van der Waals surface area contributed by atoms with Crippen molar-refractivity contribution in [1.82, 2.24) is 4.98 Å². The van der Waals surface area contributed by atoms with Gasteiger partial charge < -0.3 is 5.11 Å². The van der Waals surface area contributed by atoms with Crippen molar-refractivity contribution in [3.8, 4) is 0 Å². The summed E-state index contributed by atoms with van der Waals surface area (Å²) in [6.45, 7) is 6.22. The lowest BCUT2D eigenvalue weighted by Crippen LogP contribution is -2.07. The molecule has 100 valence electrons. The van der Waals surface area contributed by atoms with E-state index in [9.17, 15) is 5.11 Å². The van der Waals surface area contributed by atoms with Gasteiger partial charge in [0.15, 0.2) is 0 Å². The number of benzene rings is 1. The molecule has 2 nitrogen and oxygen atoms in total. The molecule has 3 heteroatoms. The molecule has 1 aromatic heterocycles. The quantitative estimate of drug-likeness (QED) is 0.920. The molecule has 0 fully saturated rings. The summed E-state index contributed by atoms with van der Waals surface area (Å²) < 4.78 is 0.